The van der Waals surface area contributed by atoms with Crippen LogP contribution in [0.4, 0.5) is 0 Å². The minimum atomic E-state index is -0.523. The van der Waals surface area contributed by atoms with E-state index in [2.05, 4.69) is 17.1 Å². The molecule has 0 saturated carbocycles. The van der Waals surface area contributed by atoms with Crippen molar-refractivity contribution in [3.8, 4) is 0 Å². The molecule has 0 amide bonds. The molecule has 68 valence electrons. The van der Waals surface area contributed by atoms with Crippen LogP contribution in [-0.4, -0.2) is 24.0 Å². The minimum absolute atomic E-state index is 0. The predicted octanol–water partition coefficient (Wildman–Crippen LogP) is 0.877. The van der Waals surface area contributed by atoms with E-state index < -0.39 is 12.0 Å². The van der Waals surface area contributed by atoms with E-state index in [-0.39, 0.29) is 12.4 Å². The van der Waals surface area contributed by atoms with Gasteiger partial charge in [0.25, 0.3) is 0 Å². The Morgan fingerprint density at radius 2 is 2.36 bits per heavy atom. The van der Waals surface area contributed by atoms with Crippen molar-refractivity contribution in [1.82, 2.24) is 0 Å². The van der Waals surface area contributed by atoms with E-state index in [0.717, 1.165) is 5.75 Å². The van der Waals surface area contributed by atoms with Crippen LogP contribution in [0.1, 0.15) is 6.42 Å². The van der Waals surface area contributed by atoms with E-state index in [4.69, 9.17) is 5.73 Å². The first-order chi connectivity index (χ1) is 4.72. The lowest BCUT2D eigenvalue weighted by Gasteiger charge is -2.05. The smallest absolute Gasteiger partial charge is 0.334 e. The Hall–Kier alpha value is 0.420. The first-order valence-corrected chi connectivity index (χ1v) is 4.58. The monoisotopic (exact) mass is 217 g/mol. The average molecular weight is 218 g/mol. The van der Waals surface area contributed by atoms with Gasteiger partial charge in [0.1, 0.15) is 6.04 Å². The number of thiol groups is 1. The molecule has 0 aromatic rings. The number of carbonyl (C=O) groups is 1. The van der Waals surface area contributed by atoms with Gasteiger partial charge in [-0.25, -0.2) is 4.79 Å². The Bertz CT molecular complexity index is 115. The predicted molar refractivity (Wildman–Crippen MR) is 53.3 cm³/mol. The molecule has 0 heterocycles. The number of hydrogen-bond donors (Lipinski definition) is 2. The van der Waals surface area contributed by atoms with Crippen molar-refractivity contribution in [2.45, 2.75) is 12.5 Å². The quantitative estimate of drug-likeness (QED) is 0.542. The summed E-state index contributed by atoms with van der Waals surface area (Å²) >= 11 is 4.99. The number of halogens is 1. The first kappa shape index (κ1) is 14.0. The highest BCUT2D eigenvalue weighted by Crippen LogP contribution is 2.00. The van der Waals surface area contributed by atoms with Crippen LogP contribution in [0.2, 0.25) is 0 Å². The van der Waals surface area contributed by atoms with Crippen LogP contribution in [0, 0.1) is 0 Å². The molecule has 0 spiro atoms. The fourth-order valence-electron chi connectivity index (χ4n) is 0.430. The Kier molecular flexibility index (Phi) is 10.8. The number of rotatable bonds is 4. The van der Waals surface area contributed by atoms with Crippen LogP contribution < -0.4 is 5.73 Å². The maximum atomic E-state index is 10.6. The molecule has 0 saturated heterocycles. The number of thioether (sulfide) groups is 1. The summed E-state index contributed by atoms with van der Waals surface area (Å²) < 4.78 is 4.13. The van der Waals surface area contributed by atoms with Gasteiger partial charge in [0.15, 0.2) is 0 Å². The standard InChI is InChI=1S/C5H11NO2S2.ClH/c1-10-3-2-4(6)5(7)8-9;/h4,9H,2-3,6H2,1H3;1H/t4-;/m0./s1. The third-order valence-corrected chi connectivity index (χ3v) is 1.85. The Balaban J connectivity index is 0. The molecule has 0 aromatic carbocycles. The summed E-state index contributed by atoms with van der Waals surface area (Å²) in [6.45, 7) is 0. The SMILES string of the molecule is CSCC[C@H](N)C(=O)OS.Cl. The van der Waals surface area contributed by atoms with Crippen molar-refractivity contribution < 1.29 is 8.98 Å². The molecule has 0 aliphatic heterocycles. The van der Waals surface area contributed by atoms with Crippen molar-refractivity contribution in [3.05, 3.63) is 0 Å². The summed E-state index contributed by atoms with van der Waals surface area (Å²) in [6.07, 6.45) is 2.60. The molecule has 0 radical (unpaired) electrons. The summed E-state index contributed by atoms with van der Waals surface area (Å²) in [5.41, 5.74) is 5.38. The minimum Gasteiger partial charge on any atom is -0.393 e. The molecule has 0 rings (SSSR count). The molecule has 0 fully saturated rings. The maximum absolute atomic E-state index is 10.6. The average Bonchev–Trinajstić information content (AvgIpc) is 1.98. The highest BCUT2D eigenvalue weighted by atomic mass is 35.5. The van der Waals surface area contributed by atoms with E-state index in [9.17, 15) is 4.79 Å². The topological polar surface area (TPSA) is 52.3 Å². The van der Waals surface area contributed by atoms with E-state index in [1.807, 2.05) is 6.26 Å². The Morgan fingerprint density at radius 1 is 1.82 bits per heavy atom. The third-order valence-electron chi connectivity index (χ3n) is 1.03. The van der Waals surface area contributed by atoms with Gasteiger partial charge in [0.05, 0.1) is 0 Å². The van der Waals surface area contributed by atoms with Crippen LogP contribution in [0.15, 0.2) is 0 Å². The molecule has 3 nitrogen and oxygen atoms in total. The van der Waals surface area contributed by atoms with Gasteiger partial charge in [0.2, 0.25) is 0 Å². The van der Waals surface area contributed by atoms with E-state index in [1.54, 1.807) is 11.8 Å². The second-order valence-corrected chi connectivity index (χ2v) is 2.97. The molecule has 0 aliphatic rings. The Labute approximate surface area is 82.5 Å². The molecular weight excluding hydrogens is 206 g/mol. The van der Waals surface area contributed by atoms with Gasteiger partial charge in [-0.15, -0.1) is 12.4 Å². The normalized spacial score (nSPS) is 11.5. The van der Waals surface area contributed by atoms with Gasteiger partial charge >= 0.3 is 5.97 Å². The molecule has 6 heteroatoms. The second kappa shape index (κ2) is 8.52. The zero-order valence-corrected chi connectivity index (χ0v) is 8.68. The van der Waals surface area contributed by atoms with Gasteiger partial charge in [-0.3, -0.25) is 0 Å². The van der Waals surface area contributed by atoms with Gasteiger partial charge in [-0.1, -0.05) is 0 Å². The van der Waals surface area contributed by atoms with Crippen LogP contribution in [0.5, 0.6) is 0 Å². The van der Waals surface area contributed by atoms with Gasteiger partial charge in [-0.2, -0.15) is 11.8 Å². The summed E-state index contributed by atoms with van der Waals surface area (Å²) in [4.78, 5) is 10.6. The lowest BCUT2D eigenvalue weighted by molar-refractivity contribution is -0.134. The van der Waals surface area contributed by atoms with Gasteiger partial charge < -0.3 is 9.92 Å². The molecule has 0 unspecified atom stereocenters. The molecule has 0 bridgehead atoms. The fourth-order valence-corrected chi connectivity index (χ4v) is 1.06. The van der Waals surface area contributed by atoms with Crippen LogP contribution in [0.25, 0.3) is 0 Å². The van der Waals surface area contributed by atoms with Gasteiger partial charge in [-0.05, 0) is 18.4 Å². The lowest BCUT2D eigenvalue weighted by Crippen LogP contribution is -2.31. The second-order valence-electron chi connectivity index (χ2n) is 1.80. The summed E-state index contributed by atoms with van der Waals surface area (Å²) in [5, 5.41) is 0. The van der Waals surface area contributed by atoms with E-state index in [0.29, 0.717) is 6.42 Å². The van der Waals surface area contributed by atoms with Crippen molar-refractivity contribution in [3.63, 3.8) is 0 Å². The largest absolute Gasteiger partial charge is 0.393 e. The first-order valence-electron chi connectivity index (χ1n) is 2.82. The van der Waals surface area contributed by atoms with Crippen molar-refractivity contribution in [2.24, 2.45) is 5.73 Å². The lowest BCUT2D eigenvalue weighted by atomic mass is 10.2. The van der Waals surface area contributed by atoms with E-state index >= 15 is 0 Å². The third kappa shape index (κ3) is 6.80. The van der Waals surface area contributed by atoms with Crippen LogP contribution >= 0.6 is 37.1 Å². The number of nitrogens with two attached hydrogens (primary N) is 1. The van der Waals surface area contributed by atoms with Crippen LogP contribution in [-0.2, 0) is 8.98 Å². The zero-order valence-electron chi connectivity index (χ0n) is 6.15. The fraction of sp³-hybridized carbons (Fsp3) is 0.800. The van der Waals surface area contributed by atoms with Crippen molar-refractivity contribution in [1.29, 1.82) is 0 Å². The molecule has 0 aliphatic carbocycles. The van der Waals surface area contributed by atoms with Crippen LogP contribution in [0.3, 0.4) is 0 Å². The molecule has 0 aromatic heterocycles. The molecule has 11 heavy (non-hydrogen) atoms. The highest BCUT2D eigenvalue weighted by molar-refractivity contribution is 7.98. The molecule has 2 N–H and O–H groups in total. The molecule has 1 atom stereocenters. The molecular formula is C5H12ClNO2S2. The van der Waals surface area contributed by atoms with E-state index in [1.165, 1.54) is 0 Å². The summed E-state index contributed by atoms with van der Waals surface area (Å²) in [7, 11) is 0. The van der Waals surface area contributed by atoms with Gasteiger partial charge in [0, 0.05) is 12.9 Å². The Morgan fingerprint density at radius 3 is 2.73 bits per heavy atom. The maximum Gasteiger partial charge on any atom is 0.334 e. The highest BCUT2D eigenvalue weighted by Gasteiger charge is 2.12. The zero-order chi connectivity index (χ0) is 7.98. The number of carbonyl (C=O) groups excluding carboxylic acids is 1. The van der Waals surface area contributed by atoms with Crippen molar-refractivity contribution in [2.75, 3.05) is 12.0 Å². The summed E-state index contributed by atoms with van der Waals surface area (Å²) in [5.74, 6) is 0.404. The van der Waals surface area contributed by atoms with Crippen molar-refractivity contribution >= 4 is 43.0 Å². The number of hydrogen-bond acceptors (Lipinski definition) is 5. The summed E-state index contributed by atoms with van der Waals surface area (Å²) in [6, 6.07) is -0.523.